The number of carbonyl (C=O) groups is 1. The normalized spacial score (nSPS) is 15.2. The molecule has 0 unspecified atom stereocenters. The maximum atomic E-state index is 13.0. The summed E-state index contributed by atoms with van der Waals surface area (Å²) in [6, 6.07) is 10.1. The highest BCUT2D eigenvalue weighted by Crippen LogP contribution is 2.33. The molecule has 0 radical (unpaired) electrons. The number of aromatic nitrogens is 5. The lowest BCUT2D eigenvalue weighted by atomic mass is 9.92. The fraction of sp³-hybridized carbons (Fsp3) is 0.385. The van der Waals surface area contributed by atoms with Gasteiger partial charge in [-0.3, -0.25) is 9.48 Å². The van der Waals surface area contributed by atoms with Gasteiger partial charge >= 0.3 is 0 Å². The second-order valence-corrected chi connectivity index (χ2v) is 10.1. The number of ether oxygens (including phenoxy) is 1. The molecule has 0 saturated carbocycles. The third kappa shape index (κ3) is 4.69. The molecule has 1 aromatic carbocycles. The van der Waals surface area contributed by atoms with Gasteiger partial charge < -0.3 is 20.1 Å². The third-order valence-corrected chi connectivity index (χ3v) is 6.47. The van der Waals surface area contributed by atoms with Crippen LogP contribution in [0.25, 0.3) is 16.6 Å². The number of amides is 1. The highest BCUT2D eigenvalue weighted by Gasteiger charge is 2.50. The van der Waals surface area contributed by atoms with E-state index in [1.807, 2.05) is 54.5 Å². The Morgan fingerprint density at radius 1 is 1.17 bits per heavy atom. The first kappa shape index (κ1) is 24.0. The molecule has 4 aromatic rings. The van der Waals surface area contributed by atoms with Gasteiger partial charge in [-0.05, 0) is 32.4 Å². The maximum Gasteiger partial charge on any atom is 0.256 e. The third-order valence-electron chi connectivity index (χ3n) is 6.47. The van der Waals surface area contributed by atoms with Gasteiger partial charge in [0, 0.05) is 37.2 Å². The van der Waals surface area contributed by atoms with E-state index in [2.05, 4.69) is 20.5 Å². The summed E-state index contributed by atoms with van der Waals surface area (Å²) >= 11 is 0. The van der Waals surface area contributed by atoms with Crippen molar-refractivity contribution in [2.45, 2.75) is 45.1 Å². The lowest BCUT2D eigenvalue weighted by Gasteiger charge is -2.48. The van der Waals surface area contributed by atoms with Gasteiger partial charge in [0.15, 0.2) is 11.4 Å². The van der Waals surface area contributed by atoms with Crippen molar-refractivity contribution in [2.75, 3.05) is 25.1 Å². The molecular formula is C26H31N7O3. The van der Waals surface area contributed by atoms with Crippen molar-refractivity contribution in [1.82, 2.24) is 29.7 Å². The van der Waals surface area contributed by atoms with Crippen molar-refractivity contribution in [3.05, 3.63) is 66.4 Å². The number of fused-ring (bicyclic) bond motifs is 1. The van der Waals surface area contributed by atoms with Gasteiger partial charge in [-0.2, -0.15) is 10.2 Å². The molecular weight excluding hydrogens is 458 g/mol. The van der Waals surface area contributed by atoms with E-state index in [1.165, 1.54) is 11.9 Å². The average Bonchev–Trinajstić information content (AvgIpc) is 3.44. The molecule has 1 amide bonds. The molecule has 1 fully saturated rings. The van der Waals surface area contributed by atoms with E-state index < -0.39 is 11.2 Å². The van der Waals surface area contributed by atoms with E-state index in [-0.39, 0.29) is 5.91 Å². The Kier molecular flexibility index (Phi) is 6.01. The van der Waals surface area contributed by atoms with Gasteiger partial charge in [0.05, 0.1) is 31.4 Å². The van der Waals surface area contributed by atoms with Gasteiger partial charge in [-0.1, -0.05) is 29.8 Å². The van der Waals surface area contributed by atoms with Crippen LogP contribution in [0.4, 0.5) is 5.82 Å². The van der Waals surface area contributed by atoms with Crippen molar-refractivity contribution >= 4 is 17.2 Å². The van der Waals surface area contributed by atoms with Gasteiger partial charge in [0.1, 0.15) is 11.8 Å². The Hall–Kier alpha value is -3.76. The summed E-state index contributed by atoms with van der Waals surface area (Å²) in [5.74, 6) is 0.598. The van der Waals surface area contributed by atoms with Crippen molar-refractivity contribution in [3.8, 4) is 11.1 Å². The summed E-state index contributed by atoms with van der Waals surface area (Å²) in [7, 11) is 1.57. The van der Waals surface area contributed by atoms with Crippen molar-refractivity contribution in [1.29, 1.82) is 0 Å². The van der Waals surface area contributed by atoms with Crippen LogP contribution in [0, 0.1) is 6.92 Å². The Labute approximate surface area is 209 Å². The largest absolute Gasteiger partial charge is 0.389 e. The van der Waals surface area contributed by atoms with Crippen molar-refractivity contribution < 1.29 is 14.6 Å². The van der Waals surface area contributed by atoms with Crippen LogP contribution in [0.3, 0.4) is 0 Å². The van der Waals surface area contributed by atoms with Crippen LogP contribution < -0.4 is 10.2 Å². The van der Waals surface area contributed by atoms with Crippen LogP contribution in [0.15, 0.2) is 55.2 Å². The molecule has 1 saturated heterocycles. The predicted octanol–water partition coefficient (Wildman–Crippen LogP) is 2.19. The van der Waals surface area contributed by atoms with Crippen LogP contribution in [0.1, 0.15) is 25.0 Å². The van der Waals surface area contributed by atoms with E-state index >= 15 is 0 Å². The Balaban J connectivity index is 1.30. The summed E-state index contributed by atoms with van der Waals surface area (Å²) in [5.41, 5.74) is 3.12. The van der Waals surface area contributed by atoms with Crippen molar-refractivity contribution in [2.24, 2.45) is 0 Å². The number of hydrogen-bond acceptors (Lipinski definition) is 7. The maximum absolute atomic E-state index is 13.0. The number of hydrogen-bond donors (Lipinski definition) is 2. The van der Waals surface area contributed by atoms with Crippen LogP contribution in [-0.4, -0.2) is 66.8 Å². The Morgan fingerprint density at radius 3 is 2.61 bits per heavy atom. The van der Waals surface area contributed by atoms with Gasteiger partial charge in [0.25, 0.3) is 5.91 Å². The van der Waals surface area contributed by atoms with E-state index in [1.54, 1.807) is 36.4 Å². The minimum absolute atomic E-state index is 0.137. The molecule has 1 aliphatic heterocycles. The van der Waals surface area contributed by atoms with Crippen molar-refractivity contribution in [3.63, 3.8) is 0 Å². The van der Waals surface area contributed by atoms with E-state index in [0.717, 1.165) is 28.0 Å². The second-order valence-electron chi connectivity index (χ2n) is 10.1. The highest BCUT2D eigenvalue weighted by molar-refractivity contribution is 5.90. The number of nitrogens with zero attached hydrogens (tertiary/aromatic N) is 6. The van der Waals surface area contributed by atoms with Gasteiger partial charge in [-0.25, -0.2) is 9.50 Å². The fourth-order valence-electron chi connectivity index (χ4n) is 4.45. The molecule has 0 aliphatic carbocycles. The first-order valence-electron chi connectivity index (χ1n) is 11.9. The topological polar surface area (TPSA) is 110 Å². The van der Waals surface area contributed by atoms with E-state index in [0.29, 0.717) is 26.2 Å². The second kappa shape index (κ2) is 9.03. The molecule has 188 valence electrons. The number of rotatable bonds is 8. The minimum Gasteiger partial charge on any atom is -0.389 e. The molecule has 10 heteroatoms. The van der Waals surface area contributed by atoms with Gasteiger partial charge in [0.2, 0.25) is 0 Å². The minimum atomic E-state index is -0.930. The quantitative estimate of drug-likeness (QED) is 0.390. The van der Waals surface area contributed by atoms with Crippen LogP contribution >= 0.6 is 0 Å². The van der Waals surface area contributed by atoms with E-state index in [9.17, 15) is 9.90 Å². The standard InChI is InChI=1S/C26H31N7O3/c1-18-5-7-19(8-6-18)10-27-24(34)26(36-4)15-31(16-26)23-22-9-20(13-33(22)30-17-28-23)21-11-29-32(12-21)14-25(2,3)35/h5-9,11-13,17,35H,10,14-16H2,1-4H3,(H,27,34). The number of aryl methyl sites for hydroxylation is 1. The lowest BCUT2D eigenvalue weighted by molar-refractivity contribution is -0.146. The number of carbonyl (C=O) groups excluding carboxylic acids is 1. The molecule has 4 heterocycles. The summed E-state index contributed by atoms with van der Waals surface area (Å²) in [5, 5.41) is 21.8. The molecule has 0 atom stereocenters. The average molecular weight is 490 g/mol. The van der Waals surface area contributed by atoms with Crippen LogP contribution in [-0.2, 0) is 22.6 Å². The van der Waals surface area contributed by atoms with Crippen LogP contribution in [0.2, 0.25) is 0 Å². The number of anilines is 1. The zero-order valence-corrected chi connectivity index (χ0v) is 21.0. The number of methoxy groups -OCH3 is 1. The molecule has 2 N–H and O–H groups in total. The monoisotopic (exact) mass is 489 g/mol. The first-order valence-corrected chi connectivity index (χ1v) is 11.9. The molecule has 0 bridgehead atoms. The fourth-order valence-corrected chi connectivity index (χ4v) is 4.45. The number of aliphatic hydroxyl groups is 1. The summed E-state index contributed by atoms with van der Waals surface area (Å²) in [4.78, 5) is 19.5. The summed E-state index contributed by atoms with van der Waals surface area (Å²) in [6.07, 6.45) is 7.10. The molecule has 0 spiro atoms. The zero-order valence-electron chi connectivity index (χ0n) is 21.0. The molecule has 10 nitrogen and oxygen atoms in total. The zero-order chi connectivity index (χ0) is 25.5. The van der Waals surface area contributed by atoms with Crippen LogP contribution in [0.5, 0.6) is 0 Å². The Morgan fingerprint density at radius 2 is 1.92 bits per heavy atom. The SMILES string of the molecule is COC1(C(=O)NCc2ccc(C)cc2)CN(c2ncnn3cc(-c4cnn(CC(C)(C)O)c4)cc23)C1. The summed E-state index contributed by atoms with van der Waals surface area (Å²) < 4.78 is 9.19. The first-order chi connectivity index (χ1) is 17.2. The predicted molar refractivity (Wildman–Crippen MR) is 135 cm³/mol. The molecule has 1 aliphatic rings. The lowest BCUT2D eigenvalue weighted by Crippen LogP contribution is -2.70. The Bertz CT molecular complexity index is 1380. The summed E-state index contributed by atoms with van der Waals surface area (Å²) in [6.45, 7) is 7.15. The smallest absolute Gasteiger partial charge is 0.256 e. The molecule has 5 rings (SSSR count). The number of benzene rings is 1. The highest BCUT2D eigenvalue weighted by atomic mass is 16.5. The number of nitrogens with one attached hydrogen (secondary N) is 1. The molecule has 36 heavy (non-hydrogen) atoms. The molecule has 3 aromatic heterocycles. The van der Waals surface area contributed by atoms with E-state index in [4.69, 9.17) is 4.74 Å². The van der Waals surface area contributed by atoms with Gasteiger partial charge in [-0.15, -0.1) is 0 Å².